The van der Waals surface area contributed by atoms with Crippen molar-refractivity contribution in [1.29, 1.82) is 0 Å². The SMILES string of the molecule is CCNc1nc(NCC2CCCC2)nc(N(CC)CC)n1. The lowest BCUT2D eigenvalue weighted by atomic mass is 10.1. The Morgan fingerprint density at radius 1 is 0.952 bits per heavy atom. The van der Waals surface area contributed by atoms with E-state index in [2.05, 4.69) is 44.3 Å². The lowest BCUT2D eigenvalue weighted by Gasteiger charge is -2.20. The van der Waals surface area contributed by atoms with Gasteiger partial charge in [0.15, 0.2) is 0 Å². The molecule has 2 N–H and O–H groups in total. The van der Waals surface area contributed by atoms with Crippen LogP contribution in [0.25, 0.3) is 0 Å². The van der Waals surface area contributed by atoms with E-state index in [0.29, 0.717) is 11.9 Å². The minimum atomic E-state index is 0.656. The quantitative estimate of drug-likeness (QED) is 0.768. The minimum absolute atomic E-state index is 0.656. The number of hydrogen-bond donors (Lipinski definition) is 2. The number of hydrogen-bond acceptors (Lipinski definition) is 6. The molecule has 1 saturated carbocycles. The Morgan fingerprint density at radius 2 is 1.57 bits per heavy atom. The van der Waals surface area contributed by atoms with Crippen LogP contribution in [-0.2, 0) is 0 Å². The van der Waals surface area contributed by atoms with E-state index in [1.807, 2.05) is 6.92 Å². The lowest BCUT2D eigenvalue weighted by molar-refractivity contribution is 0.577. The van der Waals surface area contributed by atoms with Gasteiger partial charge >= 0.3 is 0 Å². The summed E-state index contributed by atoms with van der Waals surface area (Å²) in [5, 5.41) is 6.59. The maximum absolute atomic E-state index is 4.57. The number of nitrogens with zero attached hydrogens (tertiary/aromatic N) is 4. The molecular formula is C15H28N6. The molecule has 0 saturated heterocycles. The van der Waals surface area contributed by atoms with Gasteiger partial charge in [-0.2, -0.15) is 15.0 Å². The molecule has 0 radical (unpaired) electrons. The van der Waals surface area contributed by atoms with Crippen LogP contribution in [-0.4, -0.2) is 41.1 Å². The average Bonchev–Trinajstić information content (AvgIpc) is 3.00. The fraction of sp³-hybridized carbons (Fsp3) is 0.800. The Balaban J connectivity index is 2.09. The maximum atomic E-state index is 4.57. The number of aromatic nitrogens is 3. The van der Waals surface area contributed by atoms with Gasteiger partial charge in [-0.3, -0.25) is 0 Å². The van der Waals surface area contributed by atoms with Gasteiger partial charge in [-0.15, -0.1) is 0 Å². The molecule has 118 valence electrons. The van der Waals surface area contributed by atoms with Crippen molar-refractivity contribution in [1.82, 2.24) is 15.0 Å². The van der Waals surface area contributed by atoms with Crippen LogP contribution in [0.5, 0.6) is 0 Å². The highest BCUT2D eigenvalue weighted by atomic mass is 15.3. The predicted molar refractivity (Wildman–Crippen MR) is 88.0 cm³/mol. The second kappa shape index (κ2) is 8.00. The highest BCUT2D eigenvalue weighted by Gasteiger charge is 2.16. The van der Waals surface area contributed by atoms with Gasteiger partial charge in [0.2, 0.25) is 17.8 Å². The predicted octanol–water partition coefficient (Wildman–Crippen LogP) is 2.75. The molecule has 1 aromatic heterocycles. The molecule has 0 unspecified atom stereocenters. The summed E-state index contributed by atoms with van der Waals surface area (Å²) >= 11 is 0. The molecule has 6 heteroatoms. The minimum Gasteiger partial charge on any atom is -0.354 e. The third kappa shape index (κ3) is 4.44. The summed E-state index contributed by atoms with van der Waals surface area (Å²) in [6.45, 7) is 9.85. The maximum Gasteiger partial charge on any atom is 0.231 e. The van der Waals surface area contributed by atoms with Gasteiger partial charge in [-0.05, 0) is 39.5 Å². The Bertz CT molecular complexity index is 426. The lowest BCUT2D eigenvalue weighted by Crippen LogP contribution is -2.26. The average molecular weight is 292 g/mol. The van der Waals surface area contributed by atoms with Crippen LogP contribution >= 0.6 is 0 Å². The summed E-state index contributed by atoms with van der Waals surface area (Å²) in [5.74, 6) is 2.86. The zero-order valence-corrected chi connectivity index (χ0v) is 13.5. The third-order valence-corrected chi connectivity index (χ3v) is 4.03. The van der Waals surface area contributed by atoms with E-state index in [1.54, 1.807) is 0 Å². The van der Waals surface area contributed by atoms with Crippen LogP contribution < -0.4 is 15.5 Å². The standard InChI is InChI=1S/C15H28N6/c1-4-16-13-18-14(17-11-12-9-7-8-10-12)20-15(19-13)21(5-2)6-3/h12H,4-11H2,1-3H3,(H2,16,17,18,19,20). The fourth-order valence-corrected chi connectivity index (χ4v) is 2.78. The Hall–Kier alpha value is -1.59. The van der Waals surface area contributed by atoms with Gasteiger partial charge in [-0.25, -0.2) is 0 Å². The van der Waals surface area contributed by atoms with Crippen LogP contribution in [0.4, 0.5) is 17.8 Å². The first kappa shape index (κ1) is 15.8. The summed E-state index contributed by atoms with van der Waals surface area (Å²) in [6, 6.07) is 0. The van der Waals surface area contributed by atoms with Crippen LogP contribution in [0, 0.1) is 5.92 Å². The molecular weight excluding hydrogens is 264 g/mol. The van der Waals surface area contributed by atoms with Crippen molar-refractivity contribution in [3.05, 3.63) is 0 Å². The summed E-state index contributed by atoms with van der Waals surface area (Å²) in [4.78, 5) is 15.7. The molecule has 0 amide bonds. The molecule has 0 aliphatic heterocycles. The first-order valence-electron chi connectivity index (χ1n) is 8.25. The molecule has 1 heterocycles. The van der Waals surface area contributed by atoms with Crippen LogP contribution in [0.15, 0.2) is 0 Å². The van der Waals surface area contributed by atoms with Crippen LogP contribution in [0.2, 0.25) is 0 Å². The fourth-order valence-electron chi connectivity index (χ4n) is 2.78. The van der Waals surface area contributed by atoms with E-state index in [9.17, 15) is 0 Å². The van der Waals surface area contributed by atoms with Crippen LogP contribution in [0.1, 0.15) is 46.5 Å². The molecule has 1 fully saturated rings. The topological polar surface area (TPSA) is 66.0 Å². The van der Waals surface area contributed by atoms with Crippen molar-refractivity contribution in [2.75, 3.05) is 41.7 Å². The molecule has 0 bridgehead atoms. The largest absolute Gasteiger partial charge is 0.354 e. The van der Waals surface area contributed by atoms with E-state index in [1.165, 1.54) is 25.7 Å². The second-order valence-electron chi connectivity index (χ2n) is 5.52. The molecule has 0 aromatic carbocycles. The Kier molecular flexibility index (Phi) is 6.02. The monoisotopic (exact) mass is 292 g/mol. The van der Waals surface area contributed by atoms with Crippen molar-refractivity contribution in [2.45, 2.75) is 46.5 Å². The number of nitrogens with one attached hydrogen (secondary N) is 2. The highest BCUT2D eigenvalue weighted by molar-refractivity contribution is 5.43. The van der Waals surface area contributed by atoms with Gasteiger partial charge in [0.05, 0.1) is 0 Å². The molecule has 0 atom stereocenters. The molecule has 1 aliphatic carbocycles. The van der Waals surface area contributed by atoms with Gasteiger partial charge in [0, 0.05) is 26.2 Å². The summed E-state index contributed by atoms with van der Waals surface area (Å²) in [6.07, 6.45) is 5.36. The van der Waals surface area contributed by atoms with Crippen molar-refractivity contribution >= 4 is 17.8 Å². The number of rotatable bonds is 8. The van der Waals surface area contributed by atoms with E-state index in [0.717, 1.165) is 38.0 Å². The summed E-state index contributed by atoms with van der Waals surface area (Å²) in [5.41, 5.74) is 0. The van der Waals surface area contributed by atoms with E-state index in [-0.39, 0.29) is 0 Å². The molecule has 2 rings (SSSR count). The van der Waals surface area contributed by atoms with E-state index >= 15 is 0 Å². The number of anilines is 3. The first-order valence-corrected chi connectivity index (χ1v) is 8.25. The Morgan fingerprint density at radius 3 is 2.14 bits per heavy atom. The highest BCUT2D eigenvalue weighted by Crippen LogP contribution is 2.24. The molecule has 0 spiro atoms. The van der Waals surface area contributed by atoms with E-state index in [4.69, 9.17) is 0 Å². The zero-order valence-electron chi connectivity index (χ0n) is 13.5. The van der Waals surface area contributed by atoms with Gasteiger partial charge < -0.3 is 15.5 Å². The first-order chi connectivity index (χ1) is 10.3. The van der Waals surface area contributed by atoms with Crippen molar-refractivity contribution in [3.8, 4) is 0 Å². The molecule has 1 aromatic rings. The zero-order chi connectivity index (χ0) is 15.1. The second-order valence-corrected chi connectivity index (χ2v) is 5.52. The van der Waals surface area contributed by atoms with Crippen molar-refractivity contribution in [3.63, 3.8) is 0 Å². The normalized spacial score (nSPS) is 15.2. The van der Waals surface area contributed by atoms with E-state index < -0.39 is 0 Å². The third-order valence-electron chi connectivity index (χ3n) is 4.03. The smallest absolute Gasteiger partial charge is 0.231 e. The molecule has 6 nitrogen and oxygen atoms in total. The molecule has 1 aliphatic rings. The van der Waals surface area contributed by atoms with Gasteiger partial charge in [0.1, 0.15) is 0 Å². The van der Waals surface area contributed by atoms with Gasteiger partial charge in [0.25, 0.3) is 0 Å². The summed E-state index contributed by atoms with van der Waals surface area (Å²) in [7, 11) is 0. The van der Waals surface area contributed by atoms with Crippen LogP contribution in [0.3, 0.4) is 0 Å². The molecule has 21 heavy (non-hydrogen) atoms. The van der Waals surface area contributed by atoms with Crippen molar-refractivity contribution < 1.29 is 0 Å². The Labute approximate surface area is 127 Å². The van der Waals surface area contributed by atoms with Crippen molar-refractivity contribution in [2.24, 2.45) is 5.92 Å². The summed E-state index contributed by atoms with van der Waals surface area (Å²) < 4.78 is 0. The van der Waals surface area contributed by atoms with Gasteiger partial charge in [-0.1, -0.05) is 12.8 Å².